The van der Waals surface area contributed by atoms with E-state index in [4.69, 9.17) is 11.5 Å². The zero-order valence-electron chi connectivity index (χ0n) is 11.0. The molecule has 2 rings (SSSR count). The first-order valence-corrected chi connectivity index (χ1v) is 6.05. The smallest absolute Gasteiger partial charge is 0.211 e. The van der Waals surface area contributed by atoms with Crippen molar-refractivity contribution in [3.05, 3.63) is 59.4 Å². The molecule has 4 N–H and O–H groups in total. The molecule has 0 aliphatic rings. The van der Waals surface area contributed by atoms with Crippen molar-refractivity contribution in [3.8, 4) is 11.1 Å². The van der Waals surface area contributed by atoms with Gasteiger partial charge in [-0.3, -0.25) is 0 Å². The van der Waals surface area contributed by atoms with E-state index in [1.807, 2.05) is 31.2 Å². The summed E-state index contributed by atoms with van der Waals surface area (Å²) in [5, 5.41) is 7.29. The summed E-state index contributed by atoms with van der Waals surface area (Å²) in [5.41, 5.74) is 14.0. The summed E-state index contributed by atoms with van der Waals surface area (Å²) >= 11 is 0. The largest absolute Gasteiger partial charge is 0.369 e. The van der Waals surface area contributed by atoms with Gasteiger partial charge in [0.15, 0.2) is 0 Å². The molecule has 0 spiro atoms. The lowest BCUT2D eigenvalue weighted by atomic mass is 9.99. The van der Waals surface area contributed by atoms with Crippen molar-refractivity contribution in [3.63, 3.8) is 0 Å². The van der Waals surface area contributed by atoms with Crippen LogP contribution in [0.1, 0.15) is 11.1 Å². The number of guanidine groups is 1. The third kappa shape index (κ3) is 3.41. The number of halogens is 1. The Kier molecular flexibility index (Phi) is 4.10. The molecule has 2 aromatic rings. The summed E-state index contributed by atoms with van der Waals surface area (Å²) in [5.74, 6) is -0.358. The van der Waals surface area contributed by atoms with Gasteiger partial charge in [0.1, 0.15) is 5.82 Å². The Bertz CT molecular complexity index is 673. The zero-order valence-corrected chi connectivity index (χ0v) is 11.0. The van der Waals surface area contributed by atoms with Crippen LogP contribution in [0.2, 0.25) is 0 Å². The topological polar surface area (TPSA) is 76.8 Å². The summed E-state index contributed by atoms with van der Waals surface area (Å²) in [6, 6.07) is 12.3. The number of aryl methyl sites for hydroxylation is 1. The minimum absolute atomic E-state index is 0.0987. The second-order valence-corrected chi connectivity index (χ2v) is 4.35. The number of hydrogen-bond acceptors (Lipinski definition) is 2. The fourth-order valence-corrected chi connectivity index (χ4v) is 1.85. The van der Waals surface area contributed by atoms with Gasteiger partial charge in [0.25, 0.3) is 0 Å². The second-order valence-electron chi connectivity index (χ2n) is 4.35. The summed E-state index contributed by atoms with van der Waals surface area (Å²) < 4.78 is 13.4. The first kappa shape index (κ1) is 13.7. The van der Waals surface area contributed by atoms with Gasteiger partial charge in [-0.05, 0) is 47.4 Å². The molecule has 0 atom stereocenters. The van der Waals surface area contributed by atoms with E-state index in [9.17, 15) is 4.39 Å². The number of hydrogen-bond donors (Lipinski definition) is 2. The molecule has 20 heavy (non-hydrogen) atoms. The van der Waals surface area contributed by atoms with Crippen molar-refractivity contribution in [1.29, 1.82) is 0 Å². The van der Waals surface area contributed by atoms with E-state index in [1.54, 1.807) is 6.07 Å². The highest BCUT2D eigenvalue weighted by Gasteiger charge is 2.04. The van der Waals surface area contributed by atoms with Crippen LogP contribution in [-0.2, 0) is 0 Å². The number of nitrogens with zero attached hydrogens (tertiary/aromatic N) is 2. The van der Waals surface area contributed by atoms with Gasteiger partial charge in [-0.2, -0.15) is 5.10 Å². The van der Waals surface area contributed by atoms with Gasteiger partial charge < -0.3 is 11.5 Å². The van der Waals surface area contributed by atoms with Gasteiger partial charge in [0.05, 0.1) is 6.21 Å². The molecule has 0 bridgehead atoms. The standard InChI is InChI=1S/C15H15FN4/c1-10-5-6-13(16)8-14(10)12-4-2-3-11(7-12)9-19-20-15(17)18/h2-9H,1H3,(H4,17,18,20). The summed E-state index contributed by atoms with van der Waals surface area (Å²) in [6.07, 6.45) is 1.54. The monoisotopic (exact) mass is 270 g/mol. The molecule has 2 aromatic carbocycles. The lowest BCUT2D eigenvalue weighted by Gasteiger charge is -2.06. The predicted octanol–water partition coefficient (Wildman–Crippen LogP) is 2.41. The number of nitrogens with two attached hydrogens (primary N) is 2. The molecular formula is C15H15FN4. The van der Waals surface area contributed by atoms with Crippen LogP contribution in [0.25, 0.3) is 11.1 Å². The molecule has 0 unspecified atom stereocenters. The Balaban J connectivity index is 2.37. The van der Waals surface area contributed by atoms with E-state index in [0.717, 1.165) is 22.3 Å². The number of benzene rings is 2. The number of rotatable bonds is 3. The Morgan fingerprint density at radius 1 is 1.15 bits per heavy atom. The molecule has 0 heterocycles. The molecule has 0 amide bonds. The lowest BCUT2D eigenvalue weighted by Crippen LogP contribution is -2.21. The van der Waals surface area contributed by atoms with Crippen molar-refractivity contribution in [2.45, 2.75) is 6.92 Å². The van der Waals surface area contributed by atoms with Crippen LogP contribution in [0.3, 0.4) is 0 Å². The van der Waals surface area contributed by atoms with Gasteiger partial charge in [0, 0.05) is 0 Å². The minimum atomic E-state index is -0.259. The normalized spacial score (nSPS) is 10.7. The third-order valence-electron chi connectivity index (χ3n) is 2.78. The van der Waals surface area contributed by atoms with Crippen molar-refractivity contribution >= 4 is 12.2 Å². The molecule has 102 valence electrons. The quantitative estimate of drug-likeness (QED) is 0.510. The maximum Gasteiger partial charge on any atom is 0.211 e. The molecule has 0 saturated carbocycles. The summed E-state index contributed by atoms with van der Waals surface area (Å²) in [6.45, 7) is 1.94. The van der Waals surface area contributed by atoms with Crippen molar-refractivity contribution < 1.29 is 4.39 Å². The van der Waals surface area contributed by atoms with Gasteiger partial charge in [-0.15, -0.1) is 5.10 Å². The van der Waals surface area contributed by atoms with E-state index >= 15 is 0 Å². The van der Waals surface area contributed by atoms with Crippen LogP contribution in [0, 0.1) is 12.7 Å². The highest BCUT2D eigenvalue weighted by Crippen LogP contribution is 2.24. The van der Waals surface area contributed by atoms with Crippen molar-refractivity contribution in [2.24, 2.45) is 21.7 Å². The third-order valence-corrected chi connectivity index (χ3v) is 2.78. The second kappa shape index (κ2) is 5.97. The van der Waals surface area contributed by atoms with Crippen molar-refractivity contribution in [2.75, 3.05) is 0 Å². The highest BCUT2D eigenvalue weighted by atomic mass is 19.1. The average molecular weight is 270 g/mol. The van der Waals surface area contributed by atoms with Gasteiger partial charge in [-0.25, -0.2) is 4.39 Å². The molecule has 0 radical (unpaired) electrons. The van der Waals surface area contributed by atoms with Crippen LogP contribution in [-0.4, -0.2) is 12.2 Å². The van der Waals surface area contributed by atoms with Gasteiger partial charge >= 0.3 is 0 Å². The molecule has 5 heteroatoms. The van der Waals surface area contributed by atoms with Crippen LogP contribution < -0.4 is 11.5 Å². The first-order valence-electron chi connectivity index (χ1n) is 6.05. The van der Waals surface area contributed by atoms with Crippen LogP contribution >= 0.6 is 0 Å². The Hall–Kier alpha value is -2.69. The van der Waals surface area contributed by atoms with Gasteiger partial charge in [0.2, 0.25) is 5.96 Å². The Morgan fingerprint density at radius 2 is 1.95 bits per heavy atom. The van der Waals surface area contributed by atoms with E-state index in [-0.39, 0.29) is 11.8 Å². The van der Waals surface area contributed by atoms with Crippen molar-refractivity contribution in [1.82, 2.24) is 0 Å². The van der Waals surface area contributed by atoms with E-state index in [1.165, 1.54) is 18.3 Å². The molecule has 0 fully saturated rings. The van der Waals surface area contributed by atoms with Crippen LogP contribution in [0.5, 0.6) is 0 Å². The highest BCUT2D eigenvalue weighted by molar-refractivity contribution is 5.84. The Labute approximate surface area is 116 Å². The Morgan fingerprint density at radius 3 is 2.70 bits per heavy atom. The predicted molar refractivity (Wildman–Crippen MR) is 80.0 cm³/mol. The summed E-state index contributed by atoms with van der Waals surface area (Å²) in [4.78, 5) is 0. The summed E-state index contributed by atoms with van der Waals surface area (Å²) in [7, 11) is 0. The molecular weight excluding hydrogens is 255 g/mol. The molecule has 0 aliphatic carbocycles. The SMILES string of the molecule is Cc1ccc(F)cc1-c1cccc(C=NN=C(N)N)c1. The van der Waals surface area contributed by atoms with Gasteiger partial charge in [-0.1, -0.05) is 24.3 Å². The van der Waals surface area contributed by atoms with Crippen LogP contribution in [0.4, 0.5) is 4.39 Å². The molecule has 0 saturated heterocycles. The average Bonchev–Trinajstić information content (AvgIpc) is 2.41. The fraction of sp³-hybridized carbons (Fsp3) is 0.0667. The van der Waals surface area contributed by atoms with E-state index in [0.29, 0.717) is 0 Å². The van der Waals surface area contributed by atoms with E-state index in [2.05, 4.69) is 10.2 Å². The minimum Gasteiger partial charge on any atom is -0.369 e. The maximum absolute atomic E-state index is 13.4. The van der Waals surface area contributed by atoms with Crippen LogP contribution in [0.15, 0.2) is 52.7 Å². The first-order chi connectivity index (χ1) is 9.56. The maximum atomic E-state index is 13.4. The van der Waals surface area contributed by atoms with E-state index < -0.39 is 0 Å². The molecule has 0 aromatic heterocycles. The fourth-order valence-electron chi connectivity index (χ4n) is 1.85. The molecule has 0 aliphatic heterocycles. The molecule has 4 nitrogen and oxygen atoms in total. The lowest BCUT2D eigenvalue weighted by molar-refractivity contribution is 0.628. The zero-order chi connectivity index (χ0) is 14.5.